The van der Waals surface area contributed by atoms with Crippen LogP contribution in [0, 0.1) is 29.5 Å². The average molecular weight is 1220 g/mol. The predicted octanol–water partition coefficient (Wildman–Crippen LogP) is 5.83. The molecule has 490 valence electrons. The van der Waals surface area contributed by atoms with Crippen molar-refractivity contribution in [1.29, 1.82) is 0 Å². The largest absolute Gasteiger partial charge is 0.356 e. The molecule has 1 aromatic rings. The van der Waals surface area contributed by atoms with Gasteiger partial charge in [-0.15, -0.1) is 0 Å². The fourth-order valence-corrected chi connectivity index (χ4v) is 12.2. The van der Waals surface area contributed by atoms with Crippen molar-refractivity contribution in [2.45, 2.75) is 257 Å². The van der Waals surface area contributed by atoms with E-state index in [-0.39, 0.29) is 92.2 Å². The van der Waals surface area contributed by atoms with Crippen LogP contribution in [0.25, 0.3) is 0 Å². The summed E-state index contributed by atoms with van der Waals surface area (Å²) in [6.45, 7) is 22.7. The van der Waals surface area contributed by atoms with Crippen molar-refractivity contribution in [3.05, 3.63) is 35.6 Å². The van der Waals surface area contributed by atoms with Gasteiger partial charge in [0, 0.05) is 67.5 Å². The van der Waals surface area contributed by atoms with Gasteiger partial charge in [0.05, 0.1) is 5.54 Å². The van der Waals surface area contributed by atoms with Crippen LogP contribution < -0.4 is 47.9 Å². The number of halogens is 1. The van der Waals surface area contributed by atoms with Crippen molar-refractivity contribution in [1.82, 2.24) is 57.7 Å². The van der Waals surface area contributed by atoms with Crippen LogP contribution in [-0.4, -0.2) is 155 Å². The first-order valence-corrected chi connectivity index (χ1v) is 32.0. The number of amides is 10. The number of hydrogen-bond donors (Lipinski definition) is 9. The van der Waals surface area contributed by atoms with Crippen LogP contribution in [-0.2, 0) is 43.2 Å². The Balaban J connectivity index is 1.35. The normalized spacial score (nSPS) is 17.7. The van der Waals surface area contributed by atoms with Gasteiger partial charge in [0.1, 0.15) is 36.0 Å². The van der Waals surface area contributed by atoms with Crippen molar-refractivity contribution >= 4 is 59.1 Å². The Kier molecular flexibility index (Phi) is 28.1. The third kappa shape index (κ3) is 25.8. The maximum absolute atomic E-state index is 14.4. The Morgan fingerprint density at radius 1 is 0.575 bits per heavy atom. The summed E-state index contributed by atoms with van der Waals surface area (Å²) in [5.41, 5.74) is -3.25. The molecule has 87 heavy (non-hydrogen) atoms. The van der Waals surface area contributed by atoms with Gasteiger partial charge in [-0.25, -0.2) is 4.39 Å². The third-order valence-electron chi connectivity index (χ3n) is 16.4. The molecule has 0 bridgehead atoms. The summed E-state index contributed by atoms with van der Waals surface area (Å²) in [5, 5.41) is 26.3. The lowest BCUT2D eigenvalue weighted by molar-refractivity contribution is -0.134. The highest BCUT2D eigenvalue weighted by molar-refractivity contribution is 5.99. The second kappa shape index (κ2) is 33.4. The number of carbonyl (C=O) groups excluding carboxylic acids is 10. The fourth-order valence-electron chi connectivity index (χ4n) is 12.2. The second-order valence-corrected chi connectivity index (χ2v) is 28.7. The van der Waals surface area contributed by atoms with Crippen molar-refractivity contribution in [3.63, 3.8) is 0 Å². The van der Waals surface area contributed by atoms with Crippen LogP contribution in [0.15, 0.2) is 24.3 Å². The van der Waals surface area contributed by atoms with Gasteiger partial charge in [-0.3, -0.25) is 47.9 Å². The summed E-state index contributed by atoms with van der Waals surface area (Å²) in [6.07, 6.45) is 10.5. The summed E-state index contributed by atoms with van der Waals surface area (Å²) in [7, 11) is 3.94. The van der Waals surface area contributed by atoms with E-state index in [1.165, 1.54) is 29.2 Å². The van der Waals surface area contributed by atoms with Gasteiger partial charge in [0.2, 0.25) is 53.2 Å². The molecule has 1 aliphatic heterocycles. The Bertz CT molecular complexity index is 2510. The molecule has 1 aromatic carbocycles. The van der Waals surface area contributed by atoms with Gasteiger partial charge in [-0.05, 0) is 168 Å². The molecule has 21 nitrogen and oxygen atoms in total. The SMILES string of the molecule is CC(C)C[C@H](NC(=O)CC(C)(C)NC(=O)[C@H](CC(C)C)NC(=O)[C@H](CCC1CCCCC1)NC(=O)[C@@H]1CCCN1C(=O)c1ccc(F)cc1)C(=O)N[C@@H](CC(C)C)C(=O)NC(C)(C)CC(=O)NC(C)(C)CC(=O)NCCC(=O)NC1(CN(C)C)CCC1. The number of likely N-dealkylation sites (N-methyl/N-ethyl adjacent to an activating group) is 1. The molecule has 2 aliphatic carbocycles. The van der Waals surface area contributed by atoms with E-state index in [9.17, 15) is 52.3 Å². The minimum Gasteiger partial charge on any atom is -0.356 e. The molecule has 0 radical (unpaired) electrons. The lowest BCUT2D eigenvalue weighted by atomic mass is 9.76. The highest BCUT2D eigenvalue weighted by atomic mass is 19.1. The van der Waals surface area contributed by atoms with Crippen LogP contribution >= 0.6 is 0 Å². The molecule has 3 fully saturated rings. The van der Waals surface area contributed by atoms with Gasteiger partial charge < -0.3 is 57.7 Å². The van der Waals surface area contributed by atoms with Crippen LogP contribution in [0.4, 0.5) is 4.39 Å². The molecule has 0 unspecified atom stereocenters. The zero-order valence-corrected chi connectivity index (χ0v) is 54.9. The minimum atomic E-state index is -1.19. The van der Waals surface area contributed by atoms with Crippen LogP contribution in [0.3, 0.4) is 0 Å². The standard InChI is InChI=1S/C65H108FN11O10/c1-41(2)34-48(57(83)71-50(36-43(5)6)59(85)75-64(11,12)39-55(81)72-62(7,8)37-53(79)67-32-29-52(78)73-65(30-19-31-65)40-76(13)14)68-54(80)38-63(9,10)74-58(84)49(35-42(3)4)70-56(82)47(28-23-44-20-16-15-17-21-44)69-60(86)51-22-18-33-77(51)61(87)45-24-26-46(66)27-25-45/h24-27,41-44,47-51H,15-23,28-40H2,1-14H3,(H,67,79)(H,68,80)(H,69,86)(H,70,82)(H,71,83)(H,72,81)(H,73,78)(H,74,84)(H,75,85)/t47-,48-,49-,50-,51-/m0/s1. The molecule has 22 heteroatoms. The quantitative estimate of drug-likeness (QED) is 0.0396. The van der Waals surface area contributed by atoms with Crippen molar-refractivity contribution in [2.24, 2.45) is 23.7 Å². The molecule has 10 amide bonds. The first-order valence-electron chi connectivity index (χ1n) is 32.0. The van der Waals surface area contributed by atoms with Gasteiger partial charge in [-0.1, -0.05) is 73.6 Å². The lowest BCUT2D eigenvalue weighted by Gasteiger charge is -2.44. The van der Waals surface area contributed by atoms with Gasteiger partial charge in [0.15, 0.2) is 0 Å². The first-order chi connectivity index (χ1) is 40.6. The number of hydrogen-bond acceptors (Lipinski definition) is 11. The molecule has 0 aromatic heterocycles. The molecule has 0 spiro atoms. The van der Waals surface area contributed by atoms with E-state index >= 15 is 0 Å². The molecule has 5 atom stereocenters. The molecular weight excluding hydrogens is 1110 g/mol. The predicted molar refractivity (Wildman–Crippen MR) is 334 cm³/mol. The molecule has 4 rings (SSSR count). The smallest absolute Gasteiger partial charge is 0.254 e. The van der Waals surface area contributed by atoms with Crippen molar-refractivity contribution < 1.29 is 52.3 Å². The van der Waals surface area contributed by atoms with E-state index in [4.69, 9.17) is 0 Å². The van der Waals surface area contributed by atoms with E-state index in [2.05, 4.69) is 52.8 Å². The summed E-state index contributed by atoms with van der Waals surface area (Å²) in [4.78, 5) is 141. The molecule has 1 heterocycles. The van der Waals surface area contributed by atoms with E-state index in [0.29, 0.717) is 38.1 Å². The number of carbonyl (C=O) groups is 10. The summed E-state index contributed by atoms with van der Waals surface area (Å²) in [5.74, 6) is -4.83. The fraction of sp³-hybridized carbons (Fsp3) is 0.754. The number of rotatable bonds is 34. The Labute approximate surface area is 517 Å². The summed E-state index contributed by atoms with van der Waals surface area (Å²) >= 11 is 0. The number of likely N-dealkylation sites (tertiary alicyclic amines) is 1. The molecule has 1 saturated heterocycles. The van der Waals surface area contributed by atoms with Gasteiger partial charge >= 0.3 is 0 Å². The topological polar surface area (TPSA) is 285 Å². The van der Waals surface area contributed by atoms with Crippen LogP contribution in [0.2, 0.25) is 0 Å². The average Bonchev–Trinajstić information content (AvgIpc) is 2.91. The number of nitrogens with one attached hydrogen (secondary N) is 9. The molecule has 3 aliphatic rings. The summed E-state index contributed by atoms with van der Waals surface area (Å²) in [6, 6.07) is 0.119. The van der Waals surface area contributed by atoms with Gasteiger partial charge in [-0.2, -0.15) is 0 Å². The van der Waals surface area contributed by atoms with E-state index in [0.717, 1.165) is 57.9 Å². The molecule has 2 saturated carbocycles. The lowest BCUT2D eigenvalue weighted by Crippen LogP contribution is -2.59. The summed E-state index contributed by atoms with van der Waals surface area (Å²) < 4.78 is 13.7. The Hall–Kier alpha value is -6.19. The second-order valence-electron chi connectivity index (χ2n) is 28.7. The highest BCUT2D eigenvalue weighted by Gasteiger charge is 2.41. The van der Waals surface area contributed by atoms with Crippen LogP contribution in [0.5, 0.6) is 0 Å². The molecular formula is C65H108FN11O10. The highest BCUT2D eigenvalue weighted by Crippen LogP contribution is 2.33. The Morgan fingerprint density at radius 2 is 1.07 bits per heavy atom. The number of nitrogens with zero attached hydrogens (tertiary/aromatic N) is 2. The minimum absolute atomic E-state index is 0.0517. The van der Waals surface area contributed by atoms with E-state index in [1.807, 2.05) is 55.6 Å². The monoisotopic (exact) mass is 1220 g/mol. The van der Waals surface area contributed by atoms with Crippen molar-refractivity contribution in [2.75, 3.05) is 33.7 Å². The van der Waals surface area contributed by atoms with Crippen molar-refractivity contribution in [3.8, 4) is 0 Å². The third-order valence-corrected chi connectivity index (χ3v) is 16.4. The van der Waals surface area contributed by atoms with Gasteiger partial charge in [0.25, 0.3) is 5.91 Å². The Morgan fingerprint density at radius 3 is 1.57 bits per heavy atom. The maximum atomic E-state index is 14.4. The van der Waals surface area contributed by atoms with E-state index in [1.54, 1.807) is 41.5 Å². The zero-order chi connectivity index (χ0) is 65.0. The first kappa shape index (κ1) is 73.3. The number of benzene rings is 1. The van der Waals surface area contributed by atoms with Crippen LogP contribution in [0.1, 0.15) is 215 Å². The molecule has 9 N–H and O–H groups in total. The maximum Gasteiger partial charge on any atom is 0.254 e. The van der Waals surface area contributed by atoms with E-state index < -0.39 is 99.9 Å². The zero-order valence-electron chi connectivity index (χ0n) is 54.9.